The van der Waals surface area contributed by atoms with Gasteiger partial charge in [-0.3, -0.25) is 14.5 Å². The Hall–Kier alpha value is -3.94. The van der Waals surface area contributed by atoms with Crippen LogP contribution >= 0.6 is 0 Å². The molecule has 8 heteroatoms. The zero-order chi connectivity index (χ0) is 19.8. The Morgan fingerprint density at radius 3 is 2.90 bits per heavy atom. The first-order valence-corrected chi connectivity index (χ1v) is 9.22. The molecule has 0 N–H and O–H groups in total. The smallest absolute Gasteiger partial charge is 0.179 e. The number of ketones is 1. The van der Waals surface area contributed by atoms with E-state index >= 15 is 0 Å². The lowest BCUT2D eigenvalue weighted by Crippen LogP contribution is -2.05. The largest absolute Gasteiger partial charge is 0.298 e. The van der Waals surface area contributed by atoms with E-state index in [1.807, 2.05) is 42.6 Å². The van der Waals surface area contributed by atoms with Crippen LogP contribution in [0.3, 0.4) is 0 Å². The summed E-state index contributed by atoms with van der Waals surface area (Å²) in [6.45, 7) is 2.35. The monoisotopic (exact) mass is 383 g/mol. The minimum atomic E-state index is 0.0518. The highest BCUT2D eigenvalue weighted by atomic mass is 16.1. The van der Waals surface area contributed by atoms with E-state index in [0.29, 0.717) is 12.2 Å². The van der Waals surface area contributed by atoms with Crippen LogP contribution in [0.2, 0.25) is 0 Å². The molecule has 0 atom stereocenters. The third-order valence-electron chi connectivity index (χ3n) is 4.67. The van der Waals surface area contributed by atoms with Crippen LogP contribution in [0.4, 0.5) is 0 Å². The summed E-state index contributed by atoms with van der Waals surface area (Å²) in [6.07, 6.45) is 5.32. The third kappa shape index (κ3) is 3.36. The van der Waals surface area contributed by atoms with Crippen LogP contribution in [0, 0.1) is 0 Å². The van der Waals surface area contributed by atoms with Gasteiger partial charge in [0.15, 0.2) is 11.4 Å². The van der Waals surface area contributed by atoms with Crippen molar-refractivity contribution in [3.05, 3.63) is 66.6 Å². The summed E-state index contributed by atoms with van der Waals surface area (Å²) in [4.78, 5) is 20.4. The molecule has 0 aliphatic heterocycles. The molecule has 5 rings (SSSR count). The Kier molecular flexibility index (Phi) is 4.09. The number of hydrogen-bond donors (Lipinski definition) is 0. The quantitative estimate of drug-likeness (QED) is 0.463. The fourth-order valence-electron chi connectivity index (χ4n) is 3.33. The number of pyridine rings is 2. The van der Waals surface area contributed by atoms with E-state index < -0.39 is 0 Å². The van der Waals surface area contributed by atoms with E-state index in [4.69, 9.17) is 4.98 Å². The molecule has 0 bridgehead atoms. The molecule has 5 aromatic rings. The van der Waals surface area contributed by atoms with Crippen LogP contribution in [0.5, 0.6) is 0 Å². The first-order chi connectivity index (χ1) is 14.2. The minimum Gasteiger partial charge on any atom is -0.298 e. The van der Waals surface area contributed by atoms with Crippen molar-refractivity contribution in [2.45, 2.75) is 20.0 Å². The van der Waals surface area contributed by atoms with Crippen molar-refractivity contribution < 1.29 is 4.79 Å². The summed E-state index contributed by atoms with van der Waals surface area (Å²) in [5.74, 6) is 0.0518. The van der Waals surface area contributed by atoms with E-state index in [0.717, 1.165) is 33.2 Å². The molecule has 8 nitrogen and oxygen atoms in total. The van der Waals surface area contributed by atoms with Gasteiger partial charge in [-0.1, -0.05) is 17.3 Å². The van der Waals surface area contributed by atoms with Crippen molar-refractivity contribution in [1.82, 2.24) is 34.7 Å². The van der Waals surface area contributed by atoms with Crippen LogP contribution < -0.4 is 0 Å². The fraction of sp³-hybridized carbons (Fsp3) is 0.143. The highest BCUT2D eigenvalue weighted by Gasteiger charge is 2.11. The van der Waals surface area contributed by atoms with E-state index in [9.17, 15) is 4.79 Å². The van der Waals surface area contributed by atoms with Crippen molar-refractivity contribution in [2.75, 3.05) is 0 Å². The van der Waals surface area contributed by atoms with E-state index in [1.54, 1.807) is 28.7 Å². The molecule has 4 aromatic heterocycles. The number of aromatic nitrogens is 7. The van der Waals surface area contributed by atoms with Gasteiger partial charge in [0.2, 0.25) is 0 Å². The fourth-order valence-corrected chi connectivity index (χ4v) is 3.33. The molecule has 0 fully saturated rings. The minimum absolute atomic E-state index is 0.0518. The Balaban J connectivity index is 1.49. The number of nitrogens with zero attached hydrogens (tertiary/aromatic N) is 7. The molecule has 0 radical (unpaired) electrons. The molecule has 0 aliphatic carbocycles. The van der Waals surface area contributed by atoms with Crippen LogP contribution in [0.25, 0.3) is 33.3 Å². The first-order valence-electron chi connectivity index (χ1n) is 9.22. The van der Waals surface area contributed by atoms with E-state index in [1.165, 1.54) is 0 Å². The zero-order valence-electron chi connectivity index (χ0n) is 15.7. The molecule has 0 spiro atoms. The number of carbonyl (C=O) groups excluding carboxylic acids is 1. The SMILES string of the molecule is CC(=O)Cn1cc(-c2ccc3nnn(Cc4ccc5ncccc5c4)c3n2)cn1. The van der Waals surface area contributed by atoms with Gasteiger partial charge in [0.25, 0.3) is 0 Å². The Morgan fingerprint density at radius 1 is 1.10 bits per heavy atom. The molecular formula is C21H17N7O. The van der Waals surface area contributed by atoms with Crippen molar-refractivity contribution >= 4 is 27.9 Å². The molecule has 0 saturated heterocycles. The van der Waals surface area contributed by atoms with Gasteiger partial charge in [0.1, 0.15) is 5.52 Å². The topological polar surface area (TPSA) is 91.4 Å². The molecule has 1 aromatic carbocycles. The summed E-state index contributed by atoms with van der Waals surface area (Å²) in [6, 6.07) is 13.9. The lowest BCUT2D eigenvalue weighted by atomic mass is 10.1. The number of carbonyl (C=O) groups is 1. The molecular weight excluding hydrogens is 366 g/mol. The molecule has 0 saturated carbocycles. The average Bonchev–Trinajstić information content (AvgIpc) is 3.34. The molecule has 4 heterocycles. The van der Waals surface area contributed by atoms with Crippen LogP contribution in [0.15, 0.2) is 61.1 Å². The second-order valence-corrected chi connectivity index (χ2v) is 6.95. The Labute approximate surface area is 165 Å². The molecule has 0 unspecified atom stereocenters. The summed E-state index contributed by atoms with van der Waals surface area (Å²) < 4.78 is 3.40. The number of hydrogen-bond acceptors (Lipinski definition) is 6. The van der Waals surface area contributed by atoms with Gasteiger partial charge in [-0.25, -0.2) is 9.67 Å². The standard InChI is InChI=1S/C21H17N7O/c1-14(29)11-27-13-17(10-23-27)19-6-7-20-21(24-19)28(26-25-20)12-15-4-5-18-16(9-15)3-2-8-22-18/h2-10,13H,11-12H2,1H3. The van der Waals surface area contributed by atoms with Crippen LogP contribution in [-0.4, -0.2) is 40.5 Å². The maximum Gasteiger partial charge on any atom is 0.179 e. The van der Waals surface area contributed by atoms with Gasteiger partial charge in [-0.2, -0.15) is 5.10 Å². The average molecular weight is 383 g/mol. The van der Waals surface area contributed by atoms with Gasteiger partial charge >= 0.3 is 0 Å². The number of rotatable bonds is 5. The van der Waals surface area contributed by atoms with Crippen LogP contribution in [-0.2, 0) is 17.9 Å². The normalized spacial score (nSPS) is 11.3. The number of benzene rings is 1. The second-order valence-electron chi connectivity index (χ2n) is 6.95. The zero-order valence-corrected chi connectivity index (χ0v) is 15.7. The van der Waals surface area contributed by atoms with Gasteiger partial charge in [-0.05, 0) is 42.8 Å². The van der Waals surface area contributed by atoms with Gasteiger partial charge in [-0.15, -0.1) is 5.10 Å². The molecule has 0 aliphatic rings. The second kappa shape index (κ2) is 6.90. The Bertz CT molecular complexity index is 1350. The highest BCUT2D eigenvalue weighted by Crippen LogP contribution is 2.21. The van der Waals surface area contributed by atoms with Gasteiger partial charge in [0.05, 0.1) is 30.5 Å². The first kappa shape index (κ1) is 17.2. The summed E-state index contributed by atoms with van der Waals surface area (Å²) >= 11 is 0. The van der Waals surface area contributed by atoms with Crippen molar-refractivity contribution in [1.29, 1.82) is 0 Å². The predicted molar refractivity (Wildman–Crippen MR) is 108 cm³/mol. The third-order valence-corrected chi connectivity index (χ3v) is 4.67. The predicted octanol–water partition coefficient (Wildman–Crippen LogP) is 2.88. The summed E-state index contributed by atoms with van der Waals surface area (Å²) in [5.41, 5.74) is 5.10. The summed E-state index contributed by atoms with van der Waals surface area (Å²) in [7, 11) is 0. The Morgan fingerprint density at radius 2 is 2.00 bits per heavy atom. The van der Waals surface area contributed by atoms with E-state index in [-0.39, 0.29) is 12.3 Å². The van der Waals surface area contributed by atoms with Crippen molar-refractivity contribution in [2.24, 2.45) is 0 Å². The van der Waals surface area contributed by atoms with Crippen LogP contribution in [0.1, 0.15) is 12.5 Å². The highest BCUT2D eigenvalue weighted by molar-refractivity contribution is 5.79. The van der Waals surface area contributed by atoms with Crippen molar-refractivity contribution in [3.63, 3.8) is 0 Å². The maximum atomic E-state index is 11.3. The number of fused-ring (bicyclic) bond motifs is 2. The lowest BCUT2D eigenvalue weighted by Gasteiger charge is -2.05. The molecule has 0 amide bonds. The molecule has 29 heavy (non-hydrogen) atoms. The van der Waals surface area contributed by atoms with E-state index in [2.05, 4.69) is 26.5 Å². The molecule has 142 valence electrons. The van der Waals surface area contributed by atoms with Gasteiger partial charge < -0.3 is 0 Å². The van der Waals surface area contributed by atoms with Crippen molar-refractivity contribution in [3.8, 4) is 11.3 Å². The van der Waals surface area contributed by atoms with Gasteiger partial charge in [0, 0.05) is 23.3 Å². The summed E-state index contributed by atoms with van der Waals surface area (Å²) in [5, 5.41) is 13.8. The number of Topliss-reactive ketones (excluding diaryl/α,β-unsaturated/α-hetero) is 1. The lowest BCUT2D eigenvalue weighted by molar-refractivity contribution is -0.117. The maximum absolute atomic E-state index is 11.3.